The second kappa shape index (κ2) is 2.87. The highest BCUT2D eigenvalue weighted by atomic mass is 16.2. The molecule has 2 nitrogen and oxygen atoms in total. The third-order valence-corrected chi connectivity index (χ3v) is 2.21. The molecule has 0 aliphatic heterocycles. The zero-order valence-corrected chi connectivity index (χ0v) is 6.46. The summed E-state index contributed by atoms with van der Waals surface area (Å²) in [7, 11) is 0. The molecule has 0 aromatic rings. The van der Waals surface area contributed by atoms with Crippen molar-refractivity contribution in [2.75, 3.05) is 0 Å². The first kappa shape index (κ1) is 8.00. The van der Waals surface area contributed by atoms with Gasteiger partial charge in [0, 0.05) is 18.3 Å². The lowest BCUT2D eigenvalue weighted by atomic mass is 9.94. The molecule has 1 aliphatic carbocycles. The molecule has 0 heterocycles. The van der Waals surface area contributed by atoms with E-state index in [-0.39, 0.29) is 29.8 Å². The van der Waals surface area contributed by atoms with Gasteiger partial charge < -0.3 is 0 Å². The predicted molar refractivity (Wildman–Crippen MR) is 40.7 cm³/mol. The molecule has 0 bridgehead atoms. The van der Waals surface area contributed by atoms with Crippen LogP contribution in [0.15, 0.2) is 0 Å². The van der Waals surface area contributed by atoms with Crippen LogP contribution >= 0.6 is 0 Å². The average molecular weight is 150 g/mol. The van der Waals surface area contributed by atoms with Gasteiger partial charge in [-0.05, 0) is 0 Å². The van der Waals surface area contributed by atoms with Gasteiger partial charge in [-0.25, -0.2) is 0 Å². The summed E-state index contributed by atoms with van der Waals surface area (Å²) in [6, 6.07) is 0. The minimum Gasteiger partial charge on any atom is -0.299 e. The van der Waals surface area contributed by atoms with E-state index in [0.717, 1.165) is 0 Å². The molecule has 2 atom stereocenters. The number of ketones is 2. The van der Waals surface area contributed by atoms with Gasteiger partial charge in [0.2, 0.25) is 0 Å². The third kappa shape index (κ3) is 1.32. The number of rotatable bonds is 1. The van der Waals surface area contributed by atoms with Gasteiger partial charge in [-0.1, -0.05) is 6.92 Å². The number of Topliss-reactive ketones (excluding diaryl/α,β-unsaturated/α-hetero) is 2. The SMILES string of the molecule is C#CCC1C(=O)CC(=O)C1C. The van der Waals surface area contributed by atoms with Gasteiger partial charge in [-0.2, -0.15) is 0 Å². The Kier molecular flexibility index (Phi) is 2.09. The van der Waals surface area contributed by atoms with Crippen LogP contribution in [0.25, 0.3) is 0 Å². The molecule has 2 heteroatoms. The highest BCUT2D eigenvalue weighted by Gasteiger charge is 2.37. The number of carbonyl (C=O) groups excluding carboxylic acids is 2. The van der Waals surface area contributed by atoms with Crippen LogP contribution < -0.4 is 0 Å². The summed E-state index contributed by atoms with van der Waals surface area (Å²) >= 11 is 0. The number of hydrogen-bond donors (Lipinski definition) is 0. The molecule has 1 saturated carbocycles. The van der Waals surface area contributed by atoms with E-state index < -0.39 is 0 Å². The summed E-state index contributed by atoms with van der Waals surface area (Å²) in [5.41, 5.74) is 0. The maximum absolute atomic E-state index is 11.1. The molecule has 2 unspecified atom stereocenters. The fraction of sp³-hybridized carbons (Fsp3) is 0.556. The molecule has 11 heavy (non-hydrogen) atoms. The fourth-order valence-electron chi connectivity index (χ4n) is 1.38. The highest BCUT2D eigenvalue weighted by molar-refractivity contribution is 6.08. The van der Waals surface area contributed by atoms with Crippen molar-refractivity contribution in [3.8, 4) is 12.3 Å². The zero-order valence-electron chi connectivity index (χ0n) is 6.46. The first-order valence-electron chi connectivity index (χ1n) is 3.65. The lowest BCUT2D eigenvalue weighted by Crippen LogP contribution is -2.13. The van der Waals surface area contributed by atoms with Gasteiger partial charge in [0.15, 0.2) is 0 Å². The van der Waals surface area contributed by atoms with Crippen LogP contribution in [0.1, 0.15) is 19.8 Å². The van der Waals surface area contributed by atoms with E-state index in [9.17, 15) is 9.59 Å². The van der Waals surface area contributed by atoms with E-state index >= 15 is 0 Å². The van der Waals surface area contributed by atoms with Gasteiger partial charge in [-0.3, -0.25) is 9.59 Å². The quantitative estimate of drug-likeness (QED) is 0.409. The Labute approximate surface area is 66.0 Å². The Morgan fingerprint density at radius 1 is 1.55 bits per heavy atom. The van der Waals surface area contributed by atoms with Gasteiger partial charge >= 0.3 is 0 Å². The van der Waals surface area contributed by atoms with Crippen molar-refractivity contribution in [2.24, 2.45) is 11.8 Å². The van der Waals surface area contributed by atoms with Crippen molar-refractivity contribution in [1.29, 1.82) is 0 Å². The van der Waals surface area contributed by atoms with Crippen LogP contribution in [0, 0.1) is 24.2 Å². The first-order valence-corrected chi connectivity index (χ1v) is 3.65. The molecule has 0 aromatic heterocycles. The van der Waals surface area contributed by atoms with Crippen LogP contribution in [-0.2, 0) is 9.59 Å². The molecule has 1 aliphatic rings. The van der Waals surface area contributed by atoms with E-state index in [1.807, 2.05) is 0 Å². The number of hydrogen-bond acceptors (Lipinski definition) is 2. The third-order valence-electron chi connectivity index (χ3n) is 2.21. The zero-order chi connectivity index (χ0) is 8.43. The van der Waals surface area contributed by atoms with Crippen molar-refractivity contribution in [1.82, 2.24) is 0 Å². The van der Waals surface area contributed by atoms with E-state index in [1.54, 1.807) is 6.92 Å². The summed E-state index contributed by atoms with van der Waals surface area (Å²) in [4.78, 5) is 22.0. The molecule has 0 aromatic carbocycles. The van der Waals surface area contributed by atoms with Crippen molar-refractivity contribution in [2.45, 2.75) is 19.8 Å². The van der Waals surface area contributed by atoms with Crippen LogP contribution in [0.2, 0.25) is 0 Å². The Hall–Kier alpha value is -1.10. The lowest BCUT2D eigenvalue weighted by Gasteiger charge is -2.07. The van der Waals surface area contributed by atoms with Crippen LogP contribution in [0.5, 0.6) is 0 Å². The monoisotopic (exact) mass is 150 g/mol. The summed E-state index contributed by atoms with van der Waals surface area (Å²) in [6.45, 7) is 1.77. The number of carbonyl (C=O) groups is 2. The van der Waals surface area contributed by atoms with Crippen LogP contribution in [0.3, 0.4) is 0 Å². The predicted octanol–water partition coefficient (Wildman–Crippen LogP) is 0.804. The Morgan fingerprint density at radius 2 is 2.18 bits per heavy atom. The van der Waals surface area contributed by atoms with E-state index in [1.165, 1.54) is 0 Å². The van der Waals surface area contributed by atoms with Gasteiger partial charge in [0.25, 0.3) is 0 Å². The molecule has 0 N–H and O–H groups in total. The summed E-state index contributed by atoms with van der Waals surface area (Å²) < 4.78 is 0. The minimum atomic E-state index is -0.201. The first-order chi connectivity index (χ1) is 5.16. The summed E-state index contributed by atoms with van der Waals surface area (Å²) in [6.07, 6.45) is 5.56. The second-order valence-electron chi connectivity index (χ2n) is 2.91. The van der Waals surface area contributed by atoms with Gasteiger partial charge in [-0.15, -0.1) is 12.3 Å². The Bertz CT molecular complexity index is 234. The molecular formula is C9H10O2. The van der Waals surface area contributed by atoms with E-state index in [0.29, 0.717) is 6.42 Å². The number of terminal acetylenes is 1. The minimum absolute atomic E-state index is 0.0143. The van der Waals surface area contributed by atoms with Crippen LogP contribution in [0.4, 0.5) is 0 Å². The maximum Gasteiger partial charge on any atom is 0.144 e. The lowest BCUT2D eigenvalue weighted by molar-refractivity contribution is -0.122. The molecule has 1 fully saturated rings. The van der Waals surface area contributed by atoms with Crippen molar-refractivity contribution < 1.29 is 9.59 Å². The average Bonchev–Trinajstić information content (AvgIpc) is 2.17. The fourth-order valence-corrected chi connectivity index (χ4v) is 1.38. The molecule has 0 amide bonds. The van der Waals surface area contributed by atoms with E-state index in [4.69, 9.17) is 6.42 Å². The van der Waals surface area contributed by atoms with Crippen molar-refractivity contribution in [3.05, 3.63) is 0 Å². The summed E-state index contributed by atoms with van der Waals surface area (Å²) in [5.74, 6) is 2.11. The smallest absolute Gasteiger partial charge is 0.144 e. The van der Waals surface area contributed by atoms with Gasteiger partial charge in [0.1, 0.15) is 11.6 Å². The molecule has 0 saturated heterocycles. The maximum atomic E-state index is 11.1. The van der Waals surface area contributed by atoms with Gasteiger partial charge in [0.05, 0.1) is 6.42 Å². The van der Waals surface area contributed by atoms with Crippen molar-refractivity contribution >= 4 is 11.6 Å². The molecular weight excluding hydrogens is 140 g/mol. The highest BCUT2D eigenvalue weighted by Crippen LogP contribution is 2.27. The Balaban J connectivity index is 2.73. The normalized spacial score (nSPS) is 30.5. The largest absolute Gasteiger partial charge is 0.299 e. The van der Waals surface area contributed by atoms with E-state index in [2.05, 4.69) is 5.92 Å². The topological polar surface area (TPSA) is 34.1 Å². The summed E-state index contributed by atoms with van der Waals surface area (Å²) in [5, 5.41) is 0. The van der Waals surface area contributed by atoms with Crippen molar-refractivity contribution in [3.63, 3.8) is 0 Å². The second-order valence-corrected chi connectivity index (χ2v) is 2.91. The molecule has 1 rings (SSSR count). The molecule has 58 valence electrons. The molecule has 0 radical (unpaired) electrons. The Morgan fingerprint density at radius 3 is 2.55 bits per heavy atom. The standard InChI is InChI=1S/C9H10O2/c1-3-4-7-6(2)8(10)5-9(7)11/h1,6-7H,4-5H2,2H3. The van der Waals surface area contributed by atoms with Crippen LogP contribution in [-0.4, -0.2) is 11.6 Å². The molecule has 0 spiro atoms.